The summed E-state index contributed by atoms with van der Waals surface area (Å²) in [6.45, 7) is -0.0400. The number of aliphatic hydroxyl groups excluding tert-OH is 1. The second-order valence-electron chi connectivity index (χ2n) is 7.58. The molecule has 3 unspecified atom stereocenters. The average molecular weight is 361 g/mol. The zero-order valence-electron chi connectivity index (χ0n) is 14.5. The zero-order chi connectivity index (χ0) is 18.4. The highest BCUT2D eigenvalue weighted by atomic mass is 19.4. The van der Waals surface area contributed by atoms with Crippen LogP contribution in [-0.4, -0.2) is 16.7 Å². The van der Waals surface area contributed by atoms with E-state index in [-0.39, 0.29) is 18.4 Å². The van der Waals surface area contributed by atoms with Gasteiger partial charge in [0.15, 0.2) is 0 Å². The molecule has 1 heterocycles. The van der Waals surface area contributed by atoms with Crippen LogP contribution in [0.25, 0.3) is 0 Å². The van der Waals surface area contributed by atoms with E-state index in [1.807, 2.05) is 12.3 Å². The molecule has 2 aliphatic rings. The van der Waals surface area contributed by atoms with Crippen molar-refractivity contribution in [3.8, 4) is 0 Å². The van der Waals surface area contributed by atoms with Gasteiger partial charge in [-0.25, -0.2) is 0 Å². The zero-order valence-corrected chi connectivity index (χ0v) is 14.5. The van der Waals surface area contributed by atoms with E-state index in [2.05, 4.69) is 11.1 Å². The summed E-state index contributed by atoms with van der Waals surface area (Å²) < 4.78 is 38.6. The van der Waals surface area contributed by atoms with Crippen LogP contribution in [0, 0.1) is 5.92 Å². The van der Waals surface area contributed by atoms with Gasteiger partial charge in [-0.1, -0.05) is 18.2 Å². The van der Waals surface area contributed by atoms with Crippen LogP contribution in [0.4, 0.5) is 13.2 Å². The van der Waals surface area contributed by atoms with Gasteiger partial charge in [-0.2, -0.15) is 13.2 Å². The van der Waals surface area contributed by atoms with Crippen LogP contribution >= 0.6 is 0 Å². The van der Waals surface area contributed by atoms with E-state index in [1.165, 1.54) is 5.56 Å². The number of benzene rings is 1. The first-order valence-corrected chi connectivity index (χ1v) is 9.18. The summed E-state index contributed by atoms with van der Waals surface area (Å²) in [5.41, 5.74) is 2.10. The molecule has 3 atom stereocenters. The van der Waals surface area contributed by atoms with Crippen molar-refractivity contribution in [2.24, 2.45) is 5.92 Å². The van der Waals surface area contributed by atoms with E-state index < -0.39 is 17.2 Å². The fourth-order valence-electron chi connectivity index (χ4n) is 4.92. The van der Waals surface area contributed by atoms with Gasteiger partial charge in [0, 0.05) is 23.2 Å². The van der Waals surface area contributed by atoms with Crippen molar-refractivity contribution in [3.05, 3.63) is 65.0 Å². The van der Waals surface area contributed by atoms with Gasteiger partial charge in [0.2, 0.25) is 0 Å². The van der Waals surface area contributed by atoms with E-state index in [9.17, 15) is 18.3 Å². The predicted molar refractivity (Wildman–Crippen MR) is 92.8 cm³/mol. The number of alkyl halides is 3. The minimum atomic E-state index is -4.34. The standard InChI is InChI=1S/C21H22F3NO/c22-21(23,24)16-8-6-15(7-9-16)20(13-26)11-10-18(20)17-5-1-3-14-4-2-12-25-19(14)17/h2,4,6-9,12,17-18,26H,1,3,5,10-11,13H2. The number of hydrogen-bond donors (Lipinski definition) is 1. The molecule has 1 fully saturated rings. The number of aliphatic hydroxyl groups is 1. The molecule has 26 heavy (non-hydrogen) atoms. The Bertz CT molecular complexity index is 783. The number of aryl methyl sites for hydroxylation is 1. The Morgan fingerprint density at radius 1 is 1.12 bits per heavy atom. The average Bonchev–Trinajstić information content (AvgIpc) is 2.62. The molecular formula is C21H22F3NO. The fraction of sp³-hybridized carbons (Fsp3) is 0.476. The number of aromatic nitrogens is 1. The summed E-state index contributed by atoms with van der Waals surface area (Å²) in [4.78, 5) is 4.61. The van der Waals surface area contributed by atoms with Crippen molar-refractivity contribution >= 4 is 0 Å². The van der Waals surface area contributed by atoms with Crippen LogP contribution in [0.5, 0.6) is 0 Å². The van der Waals surface area contributed by atoms with Crippen LogP contribution in [0.1, 0.15) is 54.0 Å². The maximum atomic E-state index is 12.9. The molecule has 5 heteroatoms. The summed E-state index contributed by atoms with van der Waals surface area (Å²) in [7, 11) is 0. The second kappa shape index (κ2) is 6.38. The summed E-state index contributed by atoms with van der Waals surface area (Å²) in [5.74, 6) is 0.487. The highest BCUT2D eigenvalue weighted by Crippen LogP contribution is 2.56. The molecule has 0 aliphatic heterocycles. The number of pyridine rings is 1. The Morgan fingerprint density at radius 3 is 2.50 bits per heavy atom. The summed E-state index contributed by atoms with van der Waals surface area (Å²) in [5, 5.41) is 10.2. The molecule has 4 rings (SSSR count). The van der Waals surface area contributed by atoms with Gasteiger partial charge in [0.1, 0.15) is 0 Å². The molecular weight excluding hydrogens is 339 g/mol. The maximum absolute atomic E-state index is 12.9. The van der Waals surface area contributed by atoms with Crippen LogP contribution in [0.3, 0.4) is 0 Å². The lowest BCUT2D eigenvalue weighted by Gasteiger charge is -2.53. The first-order chi connectivity index (χ1) is 12.5. The Morgan fingerprint density at radius 2 is 1.88 bits per heavy atom. The molecule has 0 radical (unpaired) electrons. The third kappa shape index (κ3) is 2.73. The first kappa shape index (κ1) is 17.5. The highest BCUT2D eigenvalue weighted by molar-refractivity contribution is 5.37. The van der Waals surface area contributed by atoms with E-state index in [0.717, 1.165) is 55.5 Å². The predicted octanol–water partition coefficient (Wildman–Crippen LogP) is 4.86. The fourth-order valence-corrected chi connectivity index (χ4v) is 4.92. The quantitative estimate of drug-likeness (QED) is 0.847. The van der Waals surface area contributed by atoms with Crippen molar-refractivity contribution in [1.82, 2.24) is 4.98 Å². The Balaban J connectivity index is 1.67. The van der Waals surface area contributed by atoms with Gasteiger partial charge in [-0.15, -0.1) is 0 Å². The van der Waals surface area contributed by atoms with Crippen molar-refractivity contribution < 1.29 is 18.3 Å². The lowest BCUT2D eigenvalue weighted by Crippen LogP contribution is -2.50. The third-order valence-corrected chi connectivity index (χ3v) is 6.40. The van der Waals surface area contributed by atoms with Crippen LogP contribution < -0.4 is 0 Å². The summed E-state index contributed by atoms with van der Waals surface area (Å²) in [6, 6.07) is 9.44. The van der Waals surface area contributed by atoms with Crippen molar-refractivity contribution in [2.45, 2.75) is 49.6 Å². The van der Waals surface area contributed by atoms with Crippen LogP contribution in [-0.2, 0) is 18.0 Å². The molecule has 2 aromatic rings. The Hall–Kier alpha value is -1.88. The van der Waals surface area contributed by atoms with E-state index in [4.69, 9.17) is 0 Å². The number of hydrogen-bond acceptors (Lipinski definition) is 2. The smallest absolute Gasteiger partial charge is 0.395 e. The summed E-state index contributed by atoms with van der Waals surface area (Å²) in [6.07, 6.45) is 2.40. The van der Waals surface area contributed by atoms with E-state index in [1.54, 1.807) is 12.1 Å². The highest BCUT2D eigenvalue weighted by Gasteiger charge is 2.52. The van der Waals surface area contributed by atoms with Crippen LogP contribution in [0.2, 0.25) is 0 Å². The third-order valence-electron chi connectivity index (χ3n) is 6.40. The molecule has 1 aromatic carbocycles. The van der Waals surface area contributed by atoms with Gasteiger partial charge in [-0.05, 0) is 67.3 Å². The number of halogens is 3. The number of nitrogens with zero attached hydrogens (tertiary/aromatic N) is 1. The largest absolute Gasteiger partial charge is 0.416 e. The topological polar surface area (TPSA) is 33.1 Å². The Kier molecular flexibility index (Phi) is 4.30. The van der Waals surface area contributed by atoms with Gasteiger partial charge in [0.05, 0.1) is 12.2 Å². The number of rotatable bonds is 3. The van der Waals surface area contributed by atoms with Crippen molar-refractivity contribution in [1.29, 1.82) is 0 Å². The molecule has 2 nitrogen and oxygen atoms in total. The molecule has 0 spiro atoms. The minimum Gasteiger partial charge on any atom is -0.395 e. The maximum Gasteiger partial charge on any atom is 0.416 e. The van der Waals surface area contributed by atoms with E-state index >= 15 is 0 Å². The van der Waals surface area contributed by atoms with Gasteiger partial charge in [0.25, 0.3) is 0 Å². The van der Waals surface area contributed by atoms with Gasteiger partial charge < -0.3 is 5.11 Å². The van der Waals surface area contributed by atoms with E-state index in [0.29, 0.717) is 0 Å². The molecule has 0 bridgehead atoms. The SMILES string of the molecule is OCC1(c2ccc(C(F)(F)F)cc2)CCC1C1CCCc2cccnc21. The lowest BCUT2D eigenvalue weighted by atomic mass is 9.51. The van der Waals surface area contributed by atoms with Gasteiger partial charge >= 0.3 is 6.18 Å². The molecule has 138 valence electrons. The normalized spacial score (nSPS) is 28.3. The van der Waals surface area contributed by atoms with Crippen LogP contribution in [0.15, 0.2) is 42.6 Å². The first-order valence-electron chi connectivity index (χ1n) is 9.18. The number of fused-ring (bicyclic) bond motifs is 1. The molecule has 1 N–H and O–H groups in total. The second-order valence-corrected chi connectivity index (χ2v) is 7.58. The molecule has 1 saturated carbocycles. The van der Waals surface area contributed by atoms with Gasteiger partial charge in [-0.3, -0.25) is 4.98 Å². The minimum absolute atomic E-state index is 0.0400. The monoisotopic (exact) mass is 361 g/mol. The lowest BCUT2D eigenvalue weighted by molar-refractivity contribution is -0.137. The molecule has 0 saturated heterocycles. The molecule has 2 aliphatic carbocycles. The Labute approximate surface area is 151 Å². The summed E-state index contributed by atoms with van der Waals surface area (Å²) >= 11 is 0. The molecule has 1 aromatic heterocycles. The molecule has 0 amide bonds. The van der Waals surface area contributed by atoms with Crippen molar-refractivity contribution in [3.63, 3.8) is 0 Å². The van der Waals surface area contributed by atoms with Crippen molar-refractivity contribution in [2.75, 3.05) is 6.61 Å².